The average molecular weight is 272 g/mol. The van der Waals surface area contributed by atoms with E-state index < -0.39 is 6.29 Å². The third-order valence-electron chi connectivity index (χ3n) is 2.45. The van der Waals surface area contributed by atoms with Crippen molar-refractivity contribution in [3.8, 4) is 0 Å². The van der Waals surface area contributed by atoms with E-state index in [1.165, 1.54) is 0 Å². The number of alkyl halides is 2. The van der Waals surface area contributed by atoms with E-state index in [0.29, 0.717) is 11.4 Å². The fourth-order valence-electron chi connectivity index (χ4n) is 1.70. The average Bonchev–Trinajstić information content (AvgIpc) is 2.09. The highest BCUT2D eigenvalue weighted by atomic mass is 79.9. The van der Waals surface area contributed by atoms with Gasteiger partial charge in [-0.2, -0.15) is 0 Å². The molecule has 0 aromatic rings. The zero-order valence-electron chi connectivity index (χ0n) is 7.75. The molecule has 0 spiro atoms. The van der Waals surface area contributed by atoms with Gasteiger partial charge in [0.15, 0.2) is 6.29 Å². The molecule has 4 unspecified atom stereocenters. The van der Waals surface area contributed by atoms with Crippen LogP contribution in [0.1, 0.15) is 26.2 Å². The van der Waals surface area contributed by atoms with Crippen LogP contribution in [-0.2, 0) is 4.74 Å². The molecule has 0 aliphatic heterocycles. The van der Waals surface area contributed by atoms with E-state index in [-0.39, 0.29) is 11.3 Å². The van der Waals surface area contributed by atoms with E-state index in [4.69, 9.17) is 16.3 Å². The van der Waals surface area contributed by atoms with Crippen LogP contribution in [0.5, 0.6) is 0 Å². The van der Waals surface area contributed by atoms with Crippen molar-refractivity contribution in [3.05, 3.63) is 0 Å². The smallest absolute Gasteiger partial charge is 0.158 e. The molecule has 1 fully saturated rings. The molecular formula is C9H16BrClO2. The monoisotopic (exact) mass is 270 g/mol. The lowest BCUT2D eigenvalue weighted by Crippen LogP contribution is -2.36. The molecule has 78 valence electrons. The van der Waals surface area contributed by atoms with Gasteiger partial charge < -0.3 is 9.84 Å². The molecule has 0 saturated heterocycles. The van der Waals surface area contributed by atoms with Crippen molar-refractivity contribution in [1.29, 1.82) is 0 Å². The Labute approximate surface area is 92.7 Å². The largest absolute Gasteiger partial charge is 0.368 e. The molecule has 0 bridgehead atoms. The molecule has 1 saturated carbocycles. The van der Waals surface area contributed by atoms with Crippen LogP contribution < -0.4 is 0 Å². The maximum atomic E-state index is 9.63. The molecule has 0 amide bonds. The Bertz CT molecular complexity index is 157. The highest BCUT2D eigenvalue weighted by Crippen LogP contribution is 2.34. The van der Waals surface area contributed by atoms with Crippen LogP contribution in [0.3, 0.4) is 0 Å². The SMILES string of the molecule is CCOC(O)C1CC(Br)CCC1Cl. The molecule has 4 atom stereocenters. The van der Waals surface area contributed by atoms with E-state index in [1.807, 2.05) is 6.92 Å². The van der Waals surface area contributed by atoms with Crippen molar-refractivity contribution in [2.75, 3.05) is 6.61 Å². The van der Waals surface area contributed by atoms with Gasteiger partial charge in [-0.05, 0) is 26.2 Å². The fourth-order valence-corrected chi connectivity index (χ4v) is 2.75. The van der Waals surface area contributed by atoms with Gasteiger partial charge in [-0.1, -0.05) is 15.9 Å². The topological polar surface area (TPSA) is 29.5 Å². The van der Waals surface area contributed by atoms with Crippen LogP contribution in [0.15, 0.2) is 0 Å². The lowest BCUT2D eigenvalue weighted by molar-refractivity contribution is -0.135. The minimum Gasteiger partial charge on any atom is -0.368 e. The predicted molar refractivity (Wildman–Crippen MR) is 57.3 cm³/mol. The van der Waals surface area contributed by atoms with Gasteiger partial charge in [0.1, 0.15) is 0 Å². The number of hydrogen-bond acceptors (Lipinski definition) is 2. The molecule has 13 heavy (non-hydrogen) atoms. The van der Waals surface area contributed by atoms with E-state index in [2.05, 4.69) is 15.9 Å². The molecule has 4 heteroatoms. The number of hydrogen-bond donors (Lipinski definition) is 1. The molecular weight excluding hydrogens is 255 g/mol. The summed E-state index contributed by atoms with van der Waals surface area (Å²) >= 11 is 9.67. The van der Waals surface area contributed by atoms with Crippen molar-refractivity contribution < 1.29 is 9.84 Å². The van der Waals surface area contributed by atoms with Gasteiger partial charge in [0, 0.05) is 22.7 Å². The summed E-state index contributed by atoms with van der Waals surface area (Å²) in [6.45, 7) is 2.41. The minimum absolute atomic E-state index is 0.0512. The van der Waals surface area contributed by atoms with Crippen molar-refractivity contribution >= 4 is 27.5 Å². The number of aliphatic hydroxyl groups is 1. The highest BCUT2D eigenvalue weighted by Gasteiger charge is 2.33. The van der Waals surface area contributed by atoms with Gasteiger partial charge in [0.25, 0.3) is 0 Å². The molecule has 1 rings (SSSR count). The molecule has 0 aromatic heterocycles. The predicted octanol–water partition coefficient (Wildman–Crippen LogP) is 2.51. The van der Waals surface area contributed by atoms with Gasteiger partial charge in [0.05, 0.1) is 0 Å². The van der Waals surface area contributed by atoms with Gasteiger partial charge >= 0.3 is 0 Å². The first-order valence-electron chi connectivity index (χ1n) is 4.73. The summed E-state index contributed by atoms with van der Waals surface area (Å²) in [7, 11) is 0. The first-order valence-corrected chi connectivity index (χ1v) is 6.08. The van der Waals surface area contributed by atoms with Crippen molar-refractivity contribution in [2.45, 2.75) is 42.7 Å². The van der Waals surface area contributed by atoms with Crippen molar-refractivity contribution in [2.24, 2.45) is 5.92 Å². The normalized spacial score (nSPS) is 37.4. The van der Waals surface area contributed by atoms with E-state index in [0.717, 1.165) is 19.3 Å². The van der Waals surface area contributed by atoms with Crippen LogP contribution in [0, 0.1) is 5.92 Å². The minimum atomic E-state index is -0.701. The van der Waals surface area contributed by atoms with Crippen molar-refractivity contribution in [1.82, 2.24) is 0 Å². The Morgan fingerprint density at radius 2 is 2.31 bits per heavy atom. The third kappa shape index (κ3) is 3.39. The molecule has 1 N–H and O–H groups in total. The van der Waals surface area contributed by atoms with Crippen LogP contribution >= 0.6 is 27.5 Å². The van der Waals surface area contributed by atoms with Crippen LogP contribution in [-0.4, -0.2) is 28.2 Å². The van der Waals surface area contributed by atoms with E-state index in [1.54, 1.807) is 0 Å². The number of halogens is 2. The Morgan fingerprint density at radius 1 is 1.62 bits per heavy atom. The van der Waals surface area contributed by atoms with Crippen LogP contribution in [0.4, 0.5) is 0 Å². The lowest BCUT2D eigenvalue weighted by Gasteiger charge is -2.33. The van der Waals surface area contributed by atoms with Gasteiger partial charge in [-0.25, -0.2) is 0 Å². The van der Waals surface area contributed by atoms with E-state index >= 15 is 0 Å². The number of aliphatic hydroxyl groups excluding tert-OH is 1. The summed E-state index contributed by atoms with van der Waals surface area (Å²) in [4.78, 5) is 0.475. The Morgan fingerprint density at radius 3 is 2.92 bits per heavy atom. The quantitative estimate of drug-likeness (QED) is 0.631. The molecule has 1 aliphatic rings. The summed E-state index contributed by atoms with van der Waals surface area (Å²) in [6, 6.07) is 0. The molecule has 2 nitrogen and oxygen atoms in total. The first kappa shape index (κ1) is 11.8. The standard InChI is InChI=1S/C9H16BrClO2/c1-2-13-9(12)7-5-6(10)3-4-8(7)11/h6-9,12H,2-5H2,1H3. The third-order valence-corrected chi connectivity index (χ3v) is 3.83. The number of rotatable bonds is 3. The Balaban J connectivity index is 2.44. The van der Waals surface area contributed by atoms with Gasteiger partial charge in [-0.3, -0.25) is 0 Å². The zero-order valence-corrected chi connectivity index (χ0v) is 10.1. The summed E-state index contributed by atoms with van der Waals surface area (Å²) < 4.78 is 5.15. The van der Waals surface area contributed by atoms with Crippen LogP contribution in [0.25, 0.3) is 0 Å². The number of ether oxygens (including phenoxy) is 1. The first-order chi connectivity index (χ1) is 6.15. The second-order valence-corrected chi connectivity index (χ2v) is 5.29. The summed E-state index contributed by atoms with van der Waals surface area (Å²) in [5.74, 6) is 0.0692. The van der Waals surface area contributed by atoms with Crippen molar-refractivity contribution in [3.63, 3.8) is 0 Å². The van der Waals surface area contributed by atoms with Crippen LogP contribution in [0.2, 0.25) is 0 Å². The summed E-state index contributed by atoms with van der Waals surface area (Å²) in [6.07, 6.45) is 2.23. The van der Waals surface area contributed by atoms with E-state index in [9.17, 15) is 5.11 Å². The fraction of sp³-hybridized carbons (Fsp3) is 1.00. The molecule has 0 radical (unpaired) electrons. The molecule has 0 heterocycles. The highest BCUT2D eigenvalue weighted by molar-refractivity contribution is 9.09. The molecule has 0 aromatic carbocycles. The summed E-state index contributed by atoms with van der Waals surface area (Å²) in [5.41, 5.74) is 0. The second kappa shape index (κ2) is 5.54. The summed E-state index contributed by atoms with van der Waals surface area (Å²) in [5, 5.41) is 9.69. The Kier molecular flexibility index (Phi) is 5.01. The molecule has 1 aliphatic carbocycles. The maximum Gasteiger partial charge on any atom is 0.158 e. The van der Waals surface area contributed by atoms with Gasteiger partial charge in [0.2, 0.25) is 0 Å². The zero-order chi connectivity index (χ0) is 9.84. The maximum absolute atomic E-state index is 9.63. The second-order valence-electron chi connectivity index (χ2n) is 3.44. The Hall–Kier alpha value is 0.690. The lowest BCUT2D eigenvalue weighted by atomic mass is 9.88. The van der Waals surface area contributed by atoms with Gasteiger partial charge in [-0.15, -0.1) is 11.6 Å².